The number of nitrogens with zero attached hydrogens (tertiary/aromatic N) is 2. The fourth-order valence-corrected chi connectivity index (χ4v) is 3.10. The lowest BCUT2D eigenvalue weighted by atomic mass is 10.2. The van der Waals surface area contributed by atoms with Crippen LogP contribution in [0.2, 0.25) is 5.02 Å². The highest BCUT2D eigenvalue weighted by Gasteiger charge is 2.27. The Hall–Kier alpha value is -2.71. The van der Waals surface area contributed by atoms with Crippen LogP contribution in [0, 0.1) is 0 Å². The van der Waals surface area contributed by atoms with Crippen LogP contribution in [-0.4, -0.2) is 28.5 Å². The molecule has 0 saturated heterocycles. The number of rotatable bonds is 5. The van der Waals surface area contributed by atoms with Crippen LogP contribution in [0.4, 0.5) is 5.69 Å². The molecule has 3 aromatic rings. The zero-order valence-corrected chi connectivity index (χ0v) is 15.5. The summed E-state index contributed by atoms with van der Waals surface area (Å²) in [5.74, 6) is 1.57. The molecule has 0 spiro atoms. The van der Waals surface area contributed by atoms with Crippen LogP contribution in [0.15, 0.2) is 58.2 Å². The summed E-state index contributed by atoms with van der Waals surface area (Å²) in [5, 5.41) is 11.6. The summed E-state index contributed by atoms with van der Waals surface area (Å²) in [7, 11) is 0. The third kappa shape index (κ3) is 4.35. The number of carbonyl (C=O) groups excluding carboxylic acids is 1. The summed E-state index contributed by atoms with van der Waals surface area (Å²) in [6.45, 7) is 0.278. The first-order valence-electron chi connectivity index (χ1n) is 8.07. The van der Waals surface area contributed by atoms with Crippen molar-refractivity contribution in [3.8, 4) is 11.5 Å². The first-order chi connectivity index (χ1) is 13.2. The maximum absolute atomic E-state index is 12.0. The van der Waals surface area contributed by atoms with Gasteiger partial charge in [0.1, 0.15) is 6.61 Å². The molecule has 27 heavy (non-hydrogen) atoms. The number of aromatic nitrogens is 2. The third-order valence-electron chi connectivity index (χ3n) is 3.66. The number of anilines is 1. The molecule has 7 nitrogen and oxygen atoms in total. The Morgan fingerprint density at radius 1 is 1.15 bits per heavy atom. The van der Waals surface area contributed by atoms with Crippen molar-refractivity contribution < 1.29 is 18.7 Å². The first-order valence-corrected chi connectivity index (χ1v) is 9.44. The molecule has 1 unspecified atom stereocenters. The highest BCUT2D eigenvalue weighted by atomic mass is 35.5. The monoisotopic (exact) mass is 403 g/mol. The Kier molecular flexibility index (Phi) is 5.17. The van der Waals surface area contributed by atoms with Crippen molar-refractivity contribution >= 4 is 35.0 Å². The Morgan fingerprint density at radius 2 is 1.93 bits per heavy atom. The Morgan fingerprint density at radius 3 is 2.74 bits per heavy atom. The van der Waals surface area contributed by atoms with E-state index in [0.717, 1.165) is 11.8 Å². The van der Waals surface area contributed by atoms with Gasteiger partial charge in [-0.1, -0.05) is 35.5 Å². The van der Waals surface area contributed by atoms with E-state index in [1.54, 1.807) is 24.3 Å². The van der Waals surface area contributed by atoms with Gasteiger partial charge in [-0.05, 0) is 36.4 Å². The van der Waals surface area contributed by atoms with E-state index in [1.165, 1.54) is 0 Å². The molecular weight excluding hydrogens is 390 g/mol. The summed E-state index contributed by atoms with van der Waals surface area (Å²) in [6, 6.07) is 14.3. The predicted octanol–water partition coefficient (Wildman–Crippen LogP) is 3.97. The average molecular weight is 404 g/mol. The lowest BCUT2D eigenvalue weighted by Crippen LogP contribution is -2.21. The van der Waals surface area contributed by atoms with Crippen LogP contribution >= 0.6 is 23.4 Å². The quantitative estimate of drug-likeness (QED) is 0.645. The number of amides is 1. The van der Waals surface area contributed by atoms with Gasteiger partial charge in [0.15, 0.2) is 11.5 Å². The molecule has 2 aromatic carbocycles. The molecular formula is C18H14ClN3O4S. The number of nitrogens with one attached hydrogen (secondary N) is 1. The van der Waals surface area contributed by atoms with Gasteiger partial charge in [0, 0.05) is 10.7 Å². The van der Waals surface area contributed by atoms with Crippen LogP contribution in [0.3, 0.4) is 0 Å². The number of fused-ring (bicyclic) bond motifs is 1. The van der Waals surface area contributed by atoms with Crippen LogP contribution in [0.1, 0.15) is 12.0 Å². The molecule has 9 heteroatoms. The van der Waals surface area contributed by atoms with Crippen molar-refractivity contribution in [2.45, 2.75) is 11.3 Å². The fourth-order valence-electron chi connectivity index (χ4n) is 2.41. The largest absolute Gasteiger partial charge is 0.485 e. The fraction of sp³-hybridized carbons (Fsp3) is 0.167. The van der Waals surface area contributed by atoms with Crippen LogP contribution in [0.25, 0.3) is 0 Å². The molecule has 0 fully saturated rings. The van der Waals surface area contributed by atoms with Crippen LogP contribution in [0.5, 0.6) is 11.5 Å². The topological polar surface area (TPSA) is 86.5 Å². The van der Waals surface area contributed by atoms with Crippen molar-refractivity contribution in [2.24, 2.45) is 0 Å². The molecule has 1 aliphatic heterocycles. The second-order valence-electron chi connectivity index (χ2n) is 5.61. The van der Waals surface area contributed by atoms with Crippen molar-refractivity contribution in [1.82, 2.24) is 10.2 Å². The molecule has 1 aromatic heterocycles. The normalized spacial score (nSPS) is 15.4. The van der Waals surface area contributed by atoms with Crippen molar-refractivity contribution in [2.75, 3.05) is 17.7 Å². The Bertz CT molecular complexity index is 948. The SMILES string of the molecule is O=C(CSc1nnc(C2COc3ccccc3O2)o1)Nc1ccc(Cl)cc1. The van der Waals surface area contributed by atoms with Gasteiger partial charge in [-0.25, -0.2) is 0 Å². The van der Waals surface area contributed by atoms with Gasteiger partial charge in [0.2, 0.25) is 12.0 Å². The van der Waals surface area contributed by atoms with Crippen LogP contribution in [-0.2, 0) is 4.79 Å². The minimum Gasteiger partial charge on any atom is -0.485 e. The van der Waals surface area contributed by atoms with Gasteiger partial charge in [-0.15, -0.1) is 10.2 Å². The van der Waals surface area contributed by atoms with Crippen molar-refractivity contribution in [3.63, 3.8) is 0 Å². The molecule has 1 N–H and O–H groups in total. The third-order valence-corrected chi connectivity index (χ3v) is 4.73. The maximum Gasteiger partial charge on any atom is 0.277 e. The second kappa shape index (κ2) is 7.89. The van der Waals surface area contributed by atoms with E-state index in [0.29, 0.717) is 33.3 Å². The van der Waals surface area contributed by atoms with E-state index in [4.69, 9.17) is 25.5 Å². The number of benzene rings is 2. The lowest BCUT2D eigenvalue weighted by Gasteiger charge is -2.23. The van der Waals surface area contributed by atoms with Gasteiger partial charge in [-0.3, -0.25) is 4.79 Å². The summed E-state index contributed by atoms with van der Waals surface area (Å²) >= 11 is 6.97. The Balaban J connectivity index is 1.32. The highest BCUT2D eigenvalue weighted by Crippen LogP contribution is 2.35. The van der Waals surface area contributed by atoms with Crippen LogP contribution < -0.4 is 14.8 Å². The van der Waals surface area contributed by atoms with Crippen molar-refractivity contribution in [3.05, 3.63) is 59.4 Å². The van der Waals surface area contributed by atoms with Crippen molar-refractivity contribution in [1.29, 1.82) is 0 Å². The minimum atomic E-state index is -0.482. The predicted molar refractivity (Wildman–Crippen MR) is 100 cm³/mol. The number of halogens is 1. The number of para-hydroxylation sites is 2. The molecule has 1 aliphatic rings. The standard InChI is InChI=1S/C18H14ClN3O4S/c19-11-5-7-12(8-6-11)20-16(23)10-27-18-22-21-17(26-18)15-9-24-13-3-1-2-4-14(13)25-15/h1-8,15H,9-10H2,(H,20,23). The molecule has 1 amide bonds. The number of ether oxygens (including phenoxy) is 2. The summed E-state index contributed by atoms with van der Waals surface area (Å²) in [4.78, 5) is 12.0. The van der Waals surface area contributed by atoms with Gasteiger partial charge in [0.25, 0.3) is 11.1 Å². The molecule has 1 atom stereocenters. The minimum absolute atomic E-state index is 0.134. The number of carbonyl (C=O) groups is 1. The van der Waals surface area contributed by atoms with E-state index in [2.05, 4.69) is 15.5 Å². The molecule has 0 bridgehead atoms. The number of hydrogen-bond acceptors (Lipinski definition) is 7. The van der Waals surface area contributed by atoms with E-state index in [9.17, 15) is 4.79 Å². The zero-order valence-electron chi connectivity index (χ0n) is 13.9. The van der Waals surface area contributed by atoms with E-state index in [-0.39, 0.29) is 18.3 Å². The zero-order chi connectivity index (χ0) is 18.6. The molecule has 4 rings (SSSR count). The average Bonchev–Trinajstić information content (AvgIpc) is 3.17. The lowest BCUT2D eigenvalue weighted by molar-refractivity contribution is -0.113. The van der Waals surface area contributed by atoms with Gasteiger partial charge in [0.05, 0.1) is 5.75 Å². The maximum atomic E-state index is 12.0. The van der Waals surface area contributed by atoms with Gasteiger partial charge < -0.3 is 19.2 Å². The Labute approximate surface area is 164 Å². The smallest absolute Gasteiger partial charge is 0.277 e. The molecule has 0 aliphatic carbocycles. The van der Waals surface area contributed by atoms with E-state index in [1.807, 2.05) is 24.3 Å². The second-order valence-corrected chi connectivity index (χ2v) is 6.98. The van der Waals surface area contributed by atoms with Gasteiger partial charge in [-0.2, -0.15) is 0 Å². The highest BCUT2D eigenvalue weighted by molar-refractivity contribution is 7.99. The summed E-state index contributed by atoms with van der Waals surface area (Å²) in [5.41, 5.74) is 0.669. The number of thioether (sulfide) groups is 1. The number of hydrogen-bond donors (Lipinski definition) is 1. The first kappa shape index (κ1) is 17.7. The summed E-state index contributed by atoms with van der Waals surface area (Å²) in [6.07, 6.45) is -0.482. The van der Waals surface area contributed by atoms with Gasteiger partial charge >= 0.3 is 0 Å². The molecule has 138 valence electrons. The van der Waals surface area contributed by atoms with E-state index >= 15 is 0 Å². The van der Waals surface area contributed by atoms with E-state index < -0.39 is 6.10 Å². The summed E-state index contributed by atoms with van der Waals surface area (Å²) < 4.78 is 17.1. The molecule has 2 heterocycles. The molecule has 0 saturated carbocycles. The molecule has 0 radical (unpaired) electrons.